The van der Waals surface area contributed by atoms with Crippen molar-refractivity contribution in [1.82, 2.24) is 4.90 Å². The molecule has 15 heavy (non-hydrogen) atoms. The number of benzene rings is 1. The summed E-state index contributed by atoms with van der Waals surface area (Å²) in [5, 5.41) is 7.94. The van der Waals surface area contributed by atoms with Crippen molar-refractivity contribution in [2.75, 3.05) is 13.1 Å². The molecular weight excluding hydrogens is 191 g/mol. The summed E-state index contributed by atoms with van der Waals surface area (Å²) in [5.41, 5.74) is 1.50. The van der Waals surface area contributed by atoms with Crippen LogP contribution in [0.5, 0.6) is 0 Å². The van der Waals surface area contributed by atoms with E-state index in [4.69, 9.17) is 5.41 Å². The Morgan fingerprint density at radius 1 is 1.27 bits per heavy atom. The molecule has 1 rings (SSSR count). The Hall–Kier alpha value is -1.38. The maximum atomic E-state index is 13.1. The zero-order chi connectivity index (χ0) is 11.4. The van der Waals surface area contributed by atoms with Gasteiger partial charge in [0.05, 0.1) is 0 Å². The molecule has 0 heterocycles. The van der Waals surface area contributed by atoms with Crippen LogP contribution in [0.1, 0.15) is 25.0 Å². The molecule has 82 valence electrons. The van der Waals surface area contributed by atoms with Gasteiger partial charge in [-0.1, -0.05) is 0 Å². The third kappa shape index (κ3) is 2.78. The van der Waals surface area contributed by atoms with Crippen LogP contribution in [-0.2, 0) is 0 Å². The second kappa shape index (κ2) is 4.91. The normalized spacial score (nSPS) is 10.1. The van der Waals surface area contributed by atoms with Gasteiger partial charge in [-0.05, 0) is 44.5 Å². The summed E-state index contributed by atoms with van der Waals surface area (Å²) < 4.78 is 13.1. The van der Waals surface area contributed by atoms with Crippen LogP contribution in [0.4, 0.5) is 4.39 Å². The van der Waals surface area contributed by atoms with Crippen LogP contribution in [0, 0.1) is 18.2 Å². The zero-order valence-electron chi connectivity index (χ0n) is 9.47. The third-order valence-electron chi connectivity index (χ3n) is 2.40. The lowest BCUT2D eigenvalue weighted by atomic mass is 10.1. The predicted molar refractivity (Wildman–Crippen MR) is 60.9 cm³/mol. The van der Waals surface area contributed by atoms with Gasteiger partial charge in [-0.2, -0.15) is 0 Å². The molecule has 0 fully saturated rings. The molecule has 1 aromatic rings. The van der Waals surface area contributed by atoms with Gasteiger partial charge >= 0.3 is 0 Å². The highest BCUT2D eigenvalue weighted by Crippen LogP contribution is 2.10. The molecule has 0 aliphatic rings. The molecule has 0 amide bonds. The van der Waals surface area contributed by atoms with E-state index in [9.17, 15) is 4.39 Å². The lowest BCUT2D eigenvalue weighted by Gasteiger charge is -2.21. The molecule has 0 aromatic heterocycles. The van der Waals surface area contributed by atoms with E-state index >= 15 is 0 Å². The first kappa shape index (κ1) is 11.7. The van der Waals surface area contributed by atoms with Crippen LogP contribution in [-0.4, -0.2) is 23.8 Å². The Kier molecular flexibility index (Phi) is 3.83. The van der Waals surface area contributed by atoms with Crippen molar-refractivity contribution in [1.29, 1.82) is 5.41 Å². The lowest BCUT2D eigenvalue weighted by Crippen LogP contribution is -2.30. The van der Waals surface area contributed by atoms with Crippen molar-refractivity contribution < 1.29 is 4.39 Å². The number of nitrogens with zero attached hydrogens (tertiary/aromatic N) is 1. The summed E-state index contributed by atoms with van der Waals surface area (Å²) >= 11 is 0. The molecule has 0 unspecified atom stereocenters. The second-order valence-corrected chi connectivity index (χ2v) is 3.54. The number of aryl methyl sites for hydroxylation is 1. The summed E-state index contributed by atoms with van der Waals surface area (Å²) in [6.45, 7) is 7.35. The predicted octanol–water partition coefficient (Wildman–Crippen LogP) is 2.80. The van der Waals surface area contributed by atoms with Crippen molar-refractivity contribution in [2.24, 2.45) is 0 Å². The van der Waals surface area contributed by atoms with E-state index in [1.165, 1.54) is 12.1 Å². The van der Waals surface area contributed by atoms with E-state index in [2.05, 4.69) is 0 Å². The molecule has 1 aromatic carbocycles. The third-order valence-corrected chi connectivity index (χ3v) is 2.40. The summed E-state index contributed by atoms with van der Waals surface area (Å²) in [6, 6.07) is 4.72. The maximum absolute atomic E-state index is 13.1. The first-order valence-electron chi connectivity index (χ1n) is 5.19. The minimum Gasteiger partial charge on any atom is -0.357 e. The number of halogens is 1. The van der Waals surface area contributed by atoms with E-state index < -0.39 is 0 Å². The first-order chi connectivity index (χ1) is 7.08. The topological polar surface area (TPSA) is 27.1 Å². The fourth-order valence-corrected chi connectivity index (χ4v) is 1.60. The van der Waals surface area contributed by atoms with Crippen LogP contribution < -0.4 is 0 Å². The Morgan fingerprint density at radius 3 is 2.33 bits per heavy atom. The van der Waals surface area contributed by atoms with E-state index in [0.717, 1.165) is 18.7 Å². The Balaban J connectivity index is 3.00. The van der Waals surface area contributed by atoms with Crippen LogP contribution in [0.2, 0.25) is 0 Å². The summed E-state index contributed by atoms with van der Waals surface area (Å²) in [7, 11) is 0. The number of rotatable bonds is 3. The monoisotopic (exact) mass is 208 g/mol. The highest BCUT2D eigenvalue weighted by Gasteiger charge is 2.09. The van der Waals surface area contributed by atoms with E-state index in [-0.39, 0.29) is 5.82 Å². The van der Waals surface area contributed by atoms with Crippen LogP contribution in [0.3, 0.4) is 0 Å². The highest BCUT2D eigenvalue weighted by atomic mass is 19.1. The molecule has 0 saturated carbocycles. The van der Waals surface area contributed by atoms with Gasteiger partial charge in [0.1, 0.15) is 11.7 Å². The SMILES string of the molecule is CCN(CC)C(=N)c1cc(C)cc(F)c1. The van der Waals surface area contributed by atoms with Gasteiger partial charge in [0, 0.05) is 18.7 Å². The van der Waals surface area contributed by atoms with Crippen molar-refractivity contribution in [3.8, 4) is 0 Å². The van der Waals surface area contributed by atoms with Crippen molar-refractivity contribution in [3.63, 3.8) is 0 Å². The molecule has 0 atom stereocenters. The standard InChI is InChI=1S/C12H17FN2/c1-4-15(5-2)12(14)10-6-9(3)7-11(13)8-10/h6-8,14H,4-5H2,1-3H3. The van der Waals surface area contributed by atoms with Gasteiger partial charge < -0.3 is 4.90 Å². The largest absolute Gasteiger partial charge is 0.357 e. The molecular formula is C12H17FN2. The average Bonchev–Trinajstić information content (AvgIpc) is 2.18. The van der Waals surface area contributed by atoms with Gasteiger partial charge in [0.2, 0.25) is 0 Å². The van der Waals surface area contributed by atoms with Crippen molar-refractivity contribution >= 4 is 5.84 Å². The van der Waals surface area contributed by atoms with Crippen molar-refractivity contribution in [2.45, 2.75) is 20.8 Å². The van der Waals surface area contributed by atoms with Gasteiger partial charge in [-0.15, -0.1) is 0 Å². The molecule has 0 aliphatic carbocycles. The fraction of sp³-hybridized carbons (Fsp3) is 0.417. The maximum Gasteiger partial charge on any atom is 0.128 e. The quantitative estimate of drug-likeness (QED) is 0.600. The Bertz CT molecular complexity index is 336. The molecule has 2 nitrogen and oxygen atoms in total. The fourth-order valence-electron chi connectivity index (χ4n) is 1.60. The summed E-state index contributed by atoms with van der Waals surface area (Å²) in [4.78, 5) is 1.90. The zero-order valence-corrected chi connectivity index (χ0v) is 9.47. The number of amidine groups is 1. The molecule has 0 saturated heterocycles. The Morgan fingerprint density at radius 2 is 1.87 bits per heavy atom. The number of hydrogen-bond acceptors (Lipinski definition) is 1. The van der Waals surface area contributed by atoms with Crippen LogP contribution in [0.15, 0.2) is 18.2 Å². The second-order valence-electron chi connectivity index (χ2n) is 3.54. The van der Waals surface area contributed by atoms with Crippen LogP contribution >= 0.6 is 0 Å². The first-order valence-corrected chi connectivity index (χ1v) is 5.19. The smallest absolute Gasteiger partial charge is 0.128 e. The molecule has 3 heteroatoms. The van der Waals surface area contributed by atoms with Gasteiger partial charge in [-0.3, -0.25) is 5.41 Å². The highest BCUT2D eigenvalue weighted by molar-refractivity contribution is 5.96. The molecule has 0 spiro atoms. The van der Waals surface area contributed by atoms with E-state index in [0.29, 0.717) is 11.4 Å². The molecule has 0 radical (unpaired) electrons. The minimum atomic E-state index is -0.276. The summed E-state index contributed by atoms with van der Waals surface area (Å²) in [6.07, 6.45) is 0. The average molecular weight is 208 g/mol. The van der Waals surface area contributed by atoms with E-state index in [1.807, 2.05) is 31.7 Å². The van der Waals surface area contributed by atoms with Crippen LogP contribution in [0.25, 0.3) is 0 Å². The molecule has 1 N–H and O–H groups in total. The molecule has 0 aliphatic heterocycles. The number of nitrogens with one attached hydrogen (secondary N) is 1. The number of hydrogen-bond donors (Lipinski definition) is 1. The summed E-state index contributed by atoms with van der Waals surface area (Å²) in [5.74, 6) is 0.115. The Labute approximate surface area is 90.2 Å². The van der Waals surface area contributed by atoms with Gasteiger partial charge in [0.15, 0.2) is 0 Å². The van der Waals surface area contributed by atoms with E-state index in [1.54, 1.807) is 0 Å². The van der Waals surface area contributed by atoms with Crippen molar-refractivity contribution in [3.05, 3.63) is 35.1 Å². The van der Waals surface area contributed by atoms with Gasteiger partial charge in [0.25, 0.3) is 0 Å². The van der Waals surface area contributed by atoms with Gasteiger partial charge in [-0.25, -0.2) is 4.39 Å². The molecule has 0 bridgehead atoms. The minimum absolute atomic E-state index is 0.276. The lowest BCUT2D eigenvalue weighted by molar-refractivity contribution is 0.463.